The molecule has 0 bridgehead atoms. The molecule has 0 saturated carbocycles. The van der Waals surface area contributed by atoms with Crippen LogP contribution in [0.3, 0.4) is 0 Å². The molecule has 4 rings (SSSR count). The fourth-order valence-corrected chi connectivity index (χ4v) is 2.64. The van der Waals surface area contributed by atoms with Gasteiger partial charge in [-0.2, -0.15) is 0 Å². The van der Waals surface area contributed by atoms with E-state index in [0.29, 0.717) is 28.8 Å². The van der Waals surface area contributed by atoms with Crippen LogP contribution in [0.4, 0.5) is 0 Å². The molecule has 0 spiro atoms. The lowest BCUT2D eigenvalue weighted by molar-refractivity contribution is 0.0661. The molecule has 4 amide bonds. The predicted octanol–water partition coefficient (Wildman–Crippen LogP) is 1.87. The molecule has 24 heavy (non-hydrogen) atoms. The molecule has 0 fully saturated rings. The number of hydrogen-bond acceptors (Lipinski definition) is 4. The molecule has 0 aliphatic carbocycles. The predicted molar refractivity (Wildman–Crippen MR) is 85.7 cm³/mol. The minimum Gasteiger partial charge on any atom is -0.288 e. The number of benzene rings is 2. The fraction of sp³-hybridized carbons (Fsp3) is 0.111. The van der Waals surface area contributed by atoms with Crippen molar-refractivity contribution in [3.8, 4) is 0 Å². The summed E-state index contributed by atoms with van der Waals surface area (Å²) >= 11 is 0. The molecule has 0 saturated heterocycles. The maximum atomic E-state index is 11.5. The molecule has 2 aromatic rings. The van der Waals surface area contributed by atoms with Crippen molar-refractivity contribution < 1.29 is 19.2 Å². The number of imide groups is 2. The van der Waals surface area contributed by atoms with Crippen LogP contribution in [0.1, 0.15) is 48.4 Å². The lowest BCUT2D eigenvalue weighted by Gasteiger charge is -2.08. The van der Waals surface area contributed by atoms with E-state index < -0.39 is 0 Å². The van der Waals surface area contributed by atoms with Gasteiger partial charge in [-0.1, -0.05) is 24.3 Å². The van der Waals surface area contributed by atoms with E-state index in [0.717, 1.165) is 0 Å². The molecule has 0 atom stereocenters. The molecule has 1 N–H and O–H groups in total. The van der Waals surface area contributed by atoms with Gasteiger partial charge in [0.15, 0.2) is 0 Å². The number of carbonyl (C=O) groups is 4. The zero-order chi connectivity index (χ0) is 17.3. The number of carbonyl (C=O) groups excluding carboxylic acids is 4. The quantitative estimate of drug-likeness (QED) is 0.813. The van der Waals surface area contributed by atoms with Crippen LogP contribution in [0.2, 0.25) is 0 Å². The van der Waals surface area contributed by atoms with Crippen LogP contribution in [-0.2, 0) is 0 Å². The second kappa shape index (κ2) is 6.08. The van der Waals surface area contributed by atoms with E-state index >= 15 is 0 Å². The number of hydrogen-bond donors (Lipinski definition) is 1. The van der Waals surface area contributed by atoms with Crippen LogP contribution >= 0.6 is 0 Å². The lowest BCUT2D eigenvalue weighted by Crippen LogP contribution is -2.29. The van der Waals surface area contributed by atoms with E-state index in [1.54, 1.807) is 55.5 Å². The highest BCUT2D eigenvalue weighted by atomic mass is 16.2. The van der Waals surface area contributed by atoms with Gasteiger partial charge in [0.25, 0.3) is 23.6 Å². The smallest absolute Gasteiger partial charge is 0.261 e. The third kappa shape index (κ3) is 2.48. The standard InChI is InChI=1S/C10H9NO2.C8H5NO2/c1-2-11-9(12)7-5-3-4-6-8(7)10(11)13;10-7-5-3-1-2-4-6(5)8(11)9-7/h3-6H,2H2,1H3;1-4H,(H,9,10,11). The van der Waals surface area contributed by atoms with Crippen molar-refractivity contribution in [2.45, 2.75) is 6.92 Å². The molecule has 2 aliphatic heterocycles. The van der Waals surface area contributed by atoms with Crippen molar-refractivity contribution in [3.05, 3.63) is 70.8 Å². The second-order valence-electron chi connectivity index (χ2n) is 5.23. The molecule has 2 aromatic carbocycles. The van der Waals surface area contributed by atoms with Crippen molar-refractivity contribution in [2.24, 2.45) is 0 Å². The molecule has 0 radical (unpaired) electrons. The van der Waals surface area contributed by atoms with Gasteiger partial charge in [0.1, 0.15) is 0 Å². The highest BCUT2D eigenvalue weighted by Crippen LogP contribution is 2.21. The number of nitrogens with one attached hydrogen (secondary N) is 1. The molecule has 2 aliphatic rings. The average molecular weight is 322 g/mol. The van der Waals surface area contributed by atoms with Crippen molar-refractivity contribution in [3.63, 3.8) is 0 Å². The maximum absolute atomic E-state index is 11.5. The number of amides is 4. The Kier molecular flexibility index (Phi) is 3.95. The maximum Gasteiger partial charge on any atom is 0.261 e. The summed E-state index contributed by atoms with van der Waals surface area (Å²) in [5, 5.41) is 2.20. The first kappa shape index (κ1) is 15.6. The lowest BCUT2D eigenvalue weighted by atomic mass is 10.1. The largest absolute Gasteiger partial charge is 0.288 e. The van der Waals surface area contributed by atoms with Gasteiger partial charge in [-0.15, -0.1) is 0 Å². The molecule has 120 valence electrons. The zero-order valence-electron chi connectivity index (χ0n) is 12.9. The van der Waals surface area contributed by atoms with Crippen LogP contribution in [0.25, 0.3) is 0 Å². The molecule has 0 aromatic heterocycles. The van der Waals surface area contributed by atoms with Crippen LogP contribution in [-0.4, -0.2) is 35.1 Å². The average Bonchev–Trinajstić information content (AvgIpc) is 3.03. The van der Waals surface area contributed by atoms with E-state index in [-0.39, 0.29) is 23.6 Å². The van der Waals surface area contributed by atoms with Gasteiger partial charge in [0.05, 0.1) is 22.3 Å². The summed E-state index contributed by atoms with van der Waals surface area (Å²) in [5.74, 6) is -0.956. The highest BCUT2D eigenvalue weighted by molar-refractivity contribution is 6.22. The summed E-state index contributed by atoms with van der Waals surface area (Å²) in [7, 11) is 0. The topological polar surface area (TPSA) is 83.6 Å². The summed E-state index contributed by atoms with van der Waals surface area (Å²) < 4.78 is 0. The van der Waals surface area contributed by atoms with Gasteiger partial charge in [0, 0.05) is 6.54 Å². The molecule has 6 heteroatoms. The third-order valence-corrected chi connectivity index (χ3v) is 3.84. The first-order valence-corrected chi connectivity index (χ1v) is 7.44. The third-order valence-electron chi connectivity index (χ3n) is 3.84. The zero-order valence-corrected chi connectivity index (χ0v) is 12.9. The SMILES string of the molecule is CCN1C(=O)c2ccccc2C1=O.O=C1NC(=O)c2ccccc21. The Labute approximate surface area is 138 Å². The Hall–Kier alpha value is -3.28. The number of nitrogens with zero attached hydrogens (tertiary/aromatic N) is 1. The van der Waals surface area contributed by atoms with Gasteiger partial charge in [0.2, 0.25) is 0 Å². The molecular weight excluding hydrogens is 308 g/mol. The monoisotopic (exact) mass is 322 g/mol. The van der Waals surface area contributed by atoms with Crippen LogP contribution in [0, 0.1) is 0 Å². The molecule has 0 unspecified atom stereocenters. The first-order chi connectivity index (χ1) is 11.5. The minimum absolute atomic E-state index is 0.178. The van der Waals surface area contributed by atoms with Gasteiger partial charge in [-0.3, -0.25) is 29.4 Å². The summed E-state index contributed by atoms with van der Waals surface area (Å²) in [6, 6.07) is 13.6. The van der Waals surface area contributed by atoms with Crippen LogP contribution in [0.5, 0.6) is 0 Å². The van der Waals surface area contributed by atoms with Crippen molar-refractivity contribution in [1.82, 2.24) is 10.2 Å². The van der Waals surface area contributed by atoms with Crippen LogP contribution < -0.4 is 5.32 Å². The van der Waals surface area contributed by atoms with Gasteiger partial charge in [-0.25, -0.2) is 0 Å². The van der Waals surface area contributed by atoms with Gasteiger partial charge < -0.3 is 0 Å². The molecular formula is C18H14N2O4. The second-order valence-corrected chi connectivity index (χ2v) is 5.23. The Morgan fingerprint density at radius 1 is 0.708 bits per heavy atom. The van der Waals surface area contributed by atoms with Gasteiger partial charge >= 0.3 is 0 Å². The van der Waals surface area contributed by atoms with Crippen molar-refractivity contribution >= 4 is 23.6 Å². The van der Waals surface area contributed by atoms with Crippen molar-refractivity contribution in [2.75, 3.05) is 6.54 Å². The van der Waals surface area contributed by atoms with E-state index in [4.69, 9.17) is 0 Å². The Balaban J connectivity index is 0.000000143. The highest BCUT2D eigenvalue weighted by Gasteiger charge is 2.33. The Morgan fingerprint density at radius 2 is 1.08 bits per heavy atom. The van der Waals surface area contributed by atoms with Gasteiger partial charge in [-0.05, 0) is 31.2 Å². The van der Waals surface area contributed by atoms with E-state index in [2.05, 4.69) is 5.32 Å². The van der Waals surface area contributed by atoms with E-state index in [1.807, 2.05) is 0 Å². The summed E-state index contributed by atoms with van der Waals surface area (Å²) in [6.45, 7) is 2.23. The number of rotatable bonds is 1. The Morgan fingerprint density at radius 3 is 1.46 bits per heavy atom. The Bertz CT molecular complexity index is 805. The van der Waals surface area contributed by atoms with Crippen molar-refractivity contribution in [1.29, 1.82) is 0 Å². The first-order valence-electron chi connectivity index (χ1n) is 7.44. The normalized spacial score (nSPS) is 14.8. The summed E-state index contributed by atoms with van der Waals surface area (Å²) in [6.07, 6.45) is 0. The summed E-state index contributed by atoms with van der Waals surface area (Å²) in [4.78, 5) is 46.2. The molecule has 2 heterocycles. The van der Waals surface area contributed by atoms with Crippen LogP contribution in [0.15, 0.2) is 48.5 Å². The minimum atomic E-state index is -0.300. The number of fused-ring (bicyclic) bond motifs is 2. The van der Waals surface area contributed by atoms with E-state index in [9.17, 15) is 19.2 Å². The molecule has 6 nitrogen and oxygen atoms in total. The van der Waals surface area contributed by atoms with E-state index in [1.165, 1.54) is 4.90 Å². The fourth-order valence-electron chi connectivity index (χ4n) is 2.64. The summed E-state index contributed by atoms with van der Waals surface area (Å²) in [5.41, 5.74) is 1.98.